The monoisotopic (exact) mass is 296 g/mol. The largest absolute Gasteiger partial charge is 0.326 e. The Morgan fingerprint density at radius 3 is 2.29 bits per heavy atom. The van der Waals surface area contributed by atoms with Crippen molar-refractivity contribution in [1.29, 1.82) is 5.26 Å². The number of nitrogens with zero attached hydrogens (tertiary/aromatic N) is 1. The zero-order valence-electron chi connectivity index (χ0n) is 11.4. The number of nitrogens with one attached hydrogen (secondary N) is 1. The predicted molar refractivity (Wildman–Crippen MR) is 85.7 cm³/mol. The molecule has 21 heavy (non-hydrogen) atoms. The van der Waals surface area contributed by atoms with E-state index in [2.05, 4.69) is 11.4 Å². The minimum absolute atomic E-state index is 0.114. The maximum absolute atomic E-state index is 11.0. The highest BCUT2D eigenvalue weighted by Gasteiger charge is 2.01. The van der Waals surface area contributed by atoms with Gasteiger partial charge in [-0.05, 0) is 41.5 Å². The highest BCUT2D eigenvalue weighted by atomic mass is 35.5. The zero-order chi connectivity index (χ0) is 15.2. The van der Waals surface area contributed by atoms with Crippen molar-refractivity contribution in [3.8, 4) is 6.07 Å². The summed E-state index contributed by atoms with van der Waals surface area (Å²) >= 11 is 5.84. The summed E-state index contributed by atoms with van der Waals surface area (Å²) in [7, 11) is 0. The Balaban J connectivity index is 2.26. The number of hydrogen-bond acceptors (Lipinski definition) is 2. The Morgan fingerprint density at radius 1 is 1.14 bits per heavy atom. The van der Waals surface area contributed by atoms with Gasteiger partial charge in [-0.15, -0.1) is 0 Å². The molecule has 0 saturated carbocycles. The second-order valence-corrected chi connectivity index (χ2v) is 4.92. The van der Waals surface area contributed by atoms with Crippen LogP contribution in [0.5, 0.6) is 0 Å². The van der Waals surface area contributed by atoms with Gasteiger partial charge in [0.1, 0.15) is 0 Å². The molecule has 0 radical (unpaired) electrons. The third-order valence-electron chi connectivity index (χ3n) is 2.82. The molecular weight excluding hydrogens is 284 g/mol. The molecule has 0 unspecified atom stereocenters. The highest BCUT2D eigenvalue weighted by Crippen LogP contribution is 2.20. The lowest BCUT2D eigenvalue weighted by molar-refractivity contribution is -0.114. The minimum atomic E-state index is -0.114. The van der Waals surface area contributed by atoms with Crippen molar-refractivity contribution in [1.82, 2.24) is 0 Å². The molecule has 0 saturated heterocycles. The van der Waals surface area contributed by atoms with Gasteiger partial charge >= 0.3 is 0 Å². The lowest BCUT2D eigenvalue weighted by atomic mass is 10.0. The van der Waals surface area contributed by atoms with E-state index in [1.54, 1.807) is 30.3 Å². The van der Waals surface area contributed by atoms with Crippen LogP contribution < -0.4 is 5.32 Å². The maximum atomic E-state index is 11.0. The van der Waals surface area contributed by atoms with Crippen molar-refractivity contribution >= 4 is 34.8 Å². The Bertz CT molecular complexity index is 710. The van der Waals surface area contributed by atoms with Gasteiger partial charge in [0.2, 0.25) is 5.91 Å². The van der Waals surface area contributed by atoms with E-state index in [0.717, 1.165) is 16.8 Å². The lowest BCUT2D eigenvalue weighted by Crippen LogP contribution is -2.05. The Labute approximate surface area is 128 Å². The molecule has 3 nitrogen and oxygen atoms in total. The molecule has 0 aliphatic rings. The van der Waals surface area contributed by atoms with Crippen molar-refractivity contribution < 1.29 is 4.79 Å². The quantitative estimate of drug-likeness (QED) is 0.675. The third kappa shape index (κ3) is 4.20. The fraction of sp³-hybridized carbons (Fsp3) is 0.0588. The van der Waals surface area contributed by atoms with Crippen LogP contribution in [0.4, 0.5) is 5.69 Å². The van der Waals surface area contributed by atoms with Gasteiger partial charge in [-0.3, -0.25) is 4.79 Å². The van der Waals surface area contributed by atoms with Crippen LogP contribution in [-0.2, 0) is 4.79 Å². The van der Waals surface area contributed by atoms with Crippen molar-refractivity contribution in [2.24, 2.45) is 0 Å². The summed E-state index contributed by atoms with van der Waals surface area (Å²) < 4.78 is 0. The first-order chi connectivity index (χ1) is 10.1. The Kier molecular flexibility index (Phi) is 4.76. The van der Waals surface area contributed by atoms with Gasteiger partial charge in [0.05, 0.1) is 11.6 Å². The second-order valence-electron chi connectivity index (χ2n) is 4.48. The summed E-state index contributed by atoms with van der Waals surface area (Å²) in [4.78, 5) is 11.0. The van der Waals surface area contributed by atoms with Gasteiger partial charge in [-0.1, -0.05) is 35.9 Å². The molecule has 0 aliphatic carbocycles. The van der Waals surface area contributed by atoms with E-state index in [-0.39, 0.29) is 5.91 Å². The van der Waals surface area contributed by atoms with Crippen LogP contribution in [0, 0.1) is 11.3 Å². The van der Waals surface area contributed by atoms with E-state index in [4.69, 9.17) is 11.6 Å². The van der Waals surface area contributed by atoms with Crippen LogP contribution >= 0.6 is 11.6 Å². The third-order valence-corrected chi connectivity index (χ3v) is 3.07. The molecule has 2 aromatic rings. The first-order valence-corrected chi connectivity index (χ1v) is 6.71. The van der Waals surface area contributed by atoms with E-state index >= 15 is 0 Å². The highest BCUT2D eigenvalue weighted by molar-refractivity contribution is 6.30. The van der Waals surface area contributed by atoms with Crippen LogP contribution in [-0.4, -0.2) is 5.91 Å². The lowest BCUT2D eigenvalue weighted by Gasteiger charge is -2.03. The van der Waals surface area contributed by atoms with Gasteiger partial charge < -0.3 is 5.32 Å². The molecule has 4 heteroatoms. The van der Waals surface area contributed by atoms with E-state index in [1.807, 2.05) is 24.3 Å². The second kappa shape index (κ2) is 6.74. The molecule has 0 spiro atoms. The number of allylic oxidation sites excluding steroid dienone is 1. The summed E-state index contributed by atoms with van der Waals surface area (Å²) in [6.07, 6.45) is 1.79. The predicted octanol–water partition coefficient (Wildman–Crippen LogP) is 4.36. The van der Waals surface area contributed by atoms with Gasteiger partial charge in [0.15, 0.2) is 0 Å². The topological polar surface area (TPSA) is 52.9 Å². The number of rotatable bonds is 3. The molecule has 0 atom stereocenters. The fourth-order valence-electron chi connectivity index (χ4n) is 1.84. The number of nitriles is 1. The fourth-order valence-corrected chi connectivity index (χ4v) is 1.97. The smallest absolute Gasteiger partial charge is 0.221 e. The number of carbonyl (C=O) groups excluding carboxylic acids is 1. The van der Waals surface area contributed by atoms with Gasteiger partial charge in [-0.25, -0.2) is 0 Å². The molecule has 2 rings (SSSR count). The molecule has 104 valence electrons. The molecule has 0 bridgehead atoms. The molecule has 2 aromatic carbocycles. The zero-order valence-corrected chi connectivity index (χ0v) is 12.2. The molecule has 0 heterocycles. The van der Waals surface area contributed by atoms with Gasteiger partial charge in [0, 0.05) is 17.6 Å². The Hall–Kier alpha value is -2.57. The summed E-state index contributed by atoms with van der Waals surface area (Å²) in [5.41, 5.74) is 2.98. The average molecular weight is 297 g/mol. The summed E-state index contributed by atoms with van der Waals surface area (Å²) in [6, 6.07) is 16.6. The molecule has 1 amide bonds. The van der Waals surface area contributed by atoms with E-state index < -0.39 is 0 Å². The number of hydrogen-bond donors (Lipinski definition) is 1. The molecule has 1 N–H and O–H groups in total. The van der Waals surface area contributed by atoms with E-state index in [9.17, 15) is 10.1 Å². The number of benzene rings is 2. The van der Waals surface area contributed by atoms with Crippen molar-refractivity contribution in [2.75, 3.05) is 5.32 Å². The summed E-state index contributed by atoms with van der Waals surface area (Å²) in [5.74, 6) is -0.114. The average Bonchev–Trinajstić information content (AvgIpc) is 2.47. The molecule has 0 aromatic heterocycles. The summed E-state index contributed by atoms with van der Waals surface area (Å²) in [5, 5.41) is 12.6. The minimum Gasteiger partial charge on any atom is -0.326 e. The maximum Gasteiger partial charge on any atom is 0.221 e. The number of halogens is 1. The van der Waals surface area contributed by atoms with Crippen LogP contribution in [0.2, 0.25) is 5.02 Å². The SMILES string of the molecule is CC(=O)Nc1ccc(/C=C(\C#N)c2ccc(Cl)cc2)cc1. The number of carbonyl (C=O) groups is 1. The Morgan fingerprint density at radius 2 is 1.76 bits per heavy atom. The van der Waals surface area contributed by atoms with Gasteiger partial charge in [-0.2, -0.15) is 5.26 Å². The van der Waals surface area contributed by atoms with Crippen LogP contribution in [0.3, 0.4) is 0 Å². The molecular formula is C17H13ClN2O. The normalized spacial score (nSPS) is 10.8. The molecule has 0 fully saturated rings. The van der Waals surface area contributed by atoms with Crippen molar-refractivity contribution in [2.45, 2.75) is 6.92 Å². The van der Waals surface area contributed by atoms with Crippen LogP contribution in [0.15, 0.2) is 48.5 Å². The van der Waals surface area contributed by atoms with E-state index in [0.29, 0.717) is 10.6 Å². The first-order valence-electron chi connectivity index (χ1n) is 6.34. The summed E-state index contributed by atoms with van der Waals surface area (Å²) in [6.45, 7) is 1.46. The first kappa shape index (κ1) is 14.8. The molecule has 0 aliphatic heterocycles. The standard InChI is InChI=1S/C17H13ClN2O/c1-12(21)20-17-8-2-13(3-9-17)10-15(11-19)14-4-6-16(18)7-5-14/h2-10H,1H3,(H,20,21)/b15-10+. The van der Waals surface area contributed by atoms with Gasteiger partial charge in [0.25, 0.3) is 0 Å². The van der Waals surface area contributed by atoms with Crippen LogP contribution in [0.25, 0.3) is 11.6 Å². The number of anilines is 1. The van der Waals surface area contributed by atoms with Crippen molar-refractivity contribution in [3.63, 3.8) is 0 Å². The van der Waals surface area contributed by atoms with E-state index in [1.165, 1.54) is 6.92 Å². The van der Waals surface area contributed by atoms with Crippen molar-refractivity contribution in [3.05, 3.63) is 64.7 Å². The number of amides is 1. The van der Waals surface area contributed by atoms with Crippen LogP contribution in [0.1, 0.15) is 18.1 Å².